The molecule has 4 nitrogen and oxygen atoms in total. The predicted octanol–water partition coefficient (Wildman–Crippen LogP) is 1.84. The summed E-state index contributed by atoms with van der Waals surface area (Å²) in [5.41, 5.74) is 2.85. The highest BCUT2D eigenvalue weighted by Crippen LogP contribution is 2.21. The standard InChI is InChI=1S/C15H25N3O/c1-12-17-14-4-2-3-5-15(14)18(12)9-8-16-13-6-10-19-11-7-13/h13,16H,2-11H2,1H3. The van der Waals surface area contributed by atoms with Crippen molar-refractivity contribution in [3.63, 3.8) is 0 Å². The summed E-state index contributed by atoms with van der Waals surface area (Å²) in [6.07, 6.45) is 7.33. The van der Waals surface area contributed by atoms with Crippen LogP contribution in [0.2, 0.25) is 0 Å². The molecule has 1 aromatic rings. The van der Waals surface area contributed by atoms with Crippen molar-refractivity contribution in [3.8, 4) is 0 Å². The van der Waals surface area contributed by atoms with Crippen molar-refractivity contribution in [1.29, 1.82) is 0 Å². The minimum absolute atomic E-state index is 0.647. The molecule has 2 aliphatic rings. The number of aromatic nitrogens is 2. The molecule has 0 saturated carbocycles. The second-order valence-electron chi connectivity index (χ2n) is 5.75. The number of ether oxygens (including phenoxy) is 1. The first-order chi connectivity index (χ1) is 9.34. The van der Waals surface area contributed by atoms with Crippen LogP contribution in [-0.2, 0) is 24.1 Å². The van der Waals surface area contributed by atoms with E-state index in [1.54, 1.807) is 0 Å². The van der Waals surface area contributed by atoms with Crippen LogP contribution in [-0.4, -0.2) is 35.4 Å². The lowest BCUT2D eigenvalue weighted by molar-refractivity contribution is 0.0778. The van der Waals surface area contributed by atoms with Gasteiger partial charge in [-0.2, -0.15) is 0 Å². The van der Waals surface area contributed by atoms with E-state index in [9.17, 15) is 0 Å². The average Bonchev–Trinajstić information content (AvgIpc) is 2.76. The first-order valence-corrected chi connectivity index (χ1v) is 7.70. The van der Waals surface area contributed by atoms with Crippen LogP contribution in [0.15, 0.2) is 0 Å². The number of hydrogen-bond donors (Lipinski definition) is 1. The van der Waals surface area contributed by atoms with Crippen molar-refractivity contribution in [2.24, 2.45) is 0 Å². The molecule has 1 fully saturated rings. The van der Waals surface area contributed by atoms with E-state index in [1.807, 2.05) is 0 Å². The van der Waals surface area contributed by atoms with E-state index < -0.39 is 0 Å². The Bertz CT molecular complexity index is 421. The normalized spacial score (nSPS) is 20.5. The number of hydrogen-bond acceptors (Lipinski definition) is 3. The average molecular weight is 263 g/mol. The minimum Gasteiger partial charge on any atom is -0.381 e. The third kappa shape index (κ3) is 3.00. The first kappa shape index (κ1) is 13.1. The molecule has 0 amide bonds. The summed E-state index contributed by atoms with van der Waals surface area (Å²) in [6, 6.07) is 0.647. The van der Waals surface area contributed by atoms with Crippen LogP contribution < -0.4 is 5.32 Å². The molecule has 0 unspecified atom stereocenters. The van der Waals surface area contributed by atoms with E-state index >= 15 is 0 Å². The topological polar surface area (TPSA) is 39.1 Å². The van der Waals surface area contributed by atoms with E-state index in [4.69, 9.17) is 9.72 Å². The monoisotopic (exact) mass is 263 g/mol. The third-order valence-corrected chi connectivity index (χ3v) is 4.41. The molecule has 106 valence electrons. The molecule has 19 heavy (non-hydrogen) atoms. The fraction of sp³-hybridized carbons (Fsp3) is 0.800. The summed E-state index contributed by atoms with van der Waals surface area (Å²) in [7, 11) is 0. The number of rotatable bonds is 4. The molecular weight excluding hydrogens is 238 g/mol. The SMILES string of the molecule is Cc1nc2c(n1CCNC1CCOCC1)CCCC2. The number of aryl methyl sites for hydroxylation is 2. The molecule has 0 spiro atoms. The van der Waals surface area contributed by atoms with Crippen LogP contribution in [0, 0.1) is 6.92 Å². The number of nitrogens with one attached hydrogen (secondary N) is 1. The molecule has 0 bridgehead atoms. The first-order valence-electron chi connectivity index (χ1n) is 7.70. The number of nitrogens with zero attached hydrogens (tertiary/aromatic N) is 2. The van der Waals surface area contributed by atoms with E-state index in [2.05, 4.69) is 16.8 Å². The van der Waals surface area contributed by atoms with Gasteiger partial charge in [0.15, 0.2) is 0 Å². The Balaban J connectivity index is 1.56. The molecule has 1 saturated heterocycles. The van der Waals surface area contributed by atoms with Crippen LogP contribution in [0.3, 0.4) is 0 Å². The van der Waals surface area contributed by atoms with Crippen molar-refractivity contribution in [2.75, 3.05) is 19.8 Å². The Labute approximate surface area is 115 Å². The largest absolute Gasteiger partial charge is 0.381 e. The molecule has 1 aromatic heterocycles. The van der Waals surface area contributed by atoms with Gasteiger partial charge in [0.1, 0.15) is 5.82 Å². The van der Waals surface area contributed by atoms with Crippen molar-refractivity contribution >= 4 is 0 Å². The Morgan fingerprint density at radius 2 is 2.05 bits per heavy atom. The molecule has 4 heteroatoms. The van der Waals surface area contributed by atoms with Gasteiger partial charge < -0.3 is 14.6 Å². The van der Waals surface area contributed by atoms with Crippen LogP contribution >= 0.6 is 0 Å². The van der Waals surface area contributed by atoms with Gasteiger partial charge >= 0.3 is 0 Å². The molecule has 3 rings (SSSR count). The quantitative estimate of drug-likeness (QED) is 0.901. The fourth-order valence-corrected chi connectivity index (χ4v) is 3.31. The molecule has 0 radical (unpaired) electrons. The lowest BCUT2D eigenvalue weighted by Gasteiger charge is -2.23. The van der Waals surface area contributed by atoms with Gasteiger partial charge in [0.05, 0.1) is 5.69 Å². The summed E-state index contributed by atoms with van der Waals surface area (Å²) >= 11 is 0. The predicted molar refractivity (Wildman–Crippen MR) is 75.4 cm³/mol. The van der Waals surface area contributed by atoms with Crippen molar-refractivity contribution < 1.29 is 4.74 Å². The molecule has 0 atom stereocenters. The summed E-state index contributed by atoms with van der Waals surface area (Å²) in [6.45, 7) is 6.08. The van der Waals surface area contributed by atoms with Crippen molar-refractivity contribution in [1.82, 2.24) is 14.9 Å². The Kier molecular flexibility index (Phi) is 4.18. The molecule has 2 heterocycles. The number of fused-ring (bicyclic) bond motifs is 1. The van der Waals surface area contributed by atoms with Gasteiger partial charge in [-0.3, -0.25) is 0 Å². The Hall–Kier alpha value is -0.870. The molecule has 1 aliphatic heterocycles. The van der Waals surface area contributed by atoms with E-state index in [-0.39, 0.29) is 0 Å². The summed E-state index contributed by atoms with van der Waals surface area (Å²) in [5, 5.41) is 3.67. The van der Waals surface area contributed by atoms with Crippen LogP contribution in [0.25, 0.3) is 0 Å². The zero-order valence-corrected chi connectivity index (χ0v) is 12.0. The second-order valence-corrected chi connectivity index (χ2v) is 5.75. The van der Waals surface area contributed by atoms with Gasteiger partial charge in [0.2, 0.25) is 0 Å². The number of imidazole rings is 1. The Morgan fingerprint density at radius 1 is 1.26 bits per heavy atom. The Morgan fingerprint density at radius 3 is 2.89 bits per heavy atom. The fourth-order valence-electron chi connectivity index (χ4n) is 3.31. The molecular formula is C15H25N3O. The van der Waals surface area contributed by atoms with E-state index in [0.717, 1.165) is 39.1 Å². The molecule has 1 N–H and O–H groups in total. The zero-order chi connectivity index (χ0) is 13.1. The summed E-state index contributed by atoms with van der Waals surface area (Å²) in [5.74, 6) is 1.20. The van der Waals surface area contributed by atoms with Gasteiger partial charge in [-0.1, -0.05) is 0 Å². The smallest absolute Gasteiger partial charge is 0.106 e. The van der Waals surface area contributed by atoms with Crippen LogP contribution in [0.4, 0.5) is 0 Å². The maximum atomic E-state index is 5.39. The van der Waals surface area contributed by atoms with Gasteiger partial charge in [0, 0.05) is 38.0 Å². The highest BCUT2D eigenvalue weighted by atomic mass is 16.5. The summed E-state index contributed by atoms with van der Waals surface area (Å²) in [4.78, 5) is 4.73. The van der Waals surface area contributed by atoms with Gasteiger partial charge in [-0.15, -0.1) is 0 Å². The summed E-state index contributed by atoms with van der Waals surface area (Å²) < 4.78 is 7.82. The van der Waals surface area contributed by atoms with E-state index in [0.29, 0.717) is 6.04 Å². The lowest BCUT2D eigenvalue weighted by atomic mass is 10.0. The van der Waals surface area contributed by atoms with Crippen molar-refractivity contribution in [2.45, 2.75) is 58.0 Å². The van der Waals surface area contributed by atoms with Gasteiger partial charge in [0.25, 0.3) is 0 Å². The highest BCUT2D eigenvalue weighted by molar-refractivity contribution is 5.19. The minimum atomic E-state index is 0.647. The van der Waals surface area contributed by atoms with Gasteiger partial charge in [-0.05, 0) is 45.4 Å². The lowest BCUT2D eigenvalue weighted by Crippen LogP contribution is -2.36. The van der Waals surface area contributed by atoms with Gasteiger partial charge in [-0.25, -0.2) is 4.98 Å². The molecule has 1 aliphatic carbocycles. The van der Waals surface area contributed by atoms with Crippen LogP contribution in [0.5, 0.6) is 0 Å². The van der Waals surface area contributed by atoms with Crippen LogP contribution in [0.1, 0.15) is 42.9 Å². The van der Waals surface area contributed by atoms with E-state index in [1.165, 1.54) is 42.9 Å². The molecule has 0 aromatic carbocycles. The zero-order valence-electron chi connectivity index (χ0n) is 12.0. The highest BCUT2D eigenvalue weighted by Gasteiger charge is 2.18. The maximum absolute atomic E-state index is 5.39. The maximum Gasteiger partial charge on any atom is 0.106 e. The third-order valence-electron chi connectivity index (χ3n) is 4.41. The van der Waals surface area contributed by atoms with Crippen molar-refractivity contribution in [3.05, 3.63) is 17.2 Å². The second kappa shape index (κ2) is 6.06.